The molecule has 0 aliphatic carbocycles. The third kappa shape index (κ3) is 3.72. The summed E-state index contributed by atoms with van der Waals surface area (Å²) in [7, 11) is 4.41. The molecule has 1 spiro atoms. The third-order valence-corrected chi connectivity index (χ3v) is 5.76. The number of rotatable bonds is 6. The predicted octanol–water partition coefficient (Wildman–Crippen LogP) is 1.45. The molecule has 3 rings (SSSR count). The van der Waals surface area contributed by atoms with Gasteiger partial charge in [-0.3, -0.25) is 9.69 Å². The van der Waals surface area contributed by atoms with Gasteiger partial charge >= 0.3 is 5.97 Å². The van der Waals surface area contributed by atoms with E-state index in [-0.39, 0.29) is 12.2 Å². The van der Waals surface area contributed by atoms with Crippen LogP contribution in [0.25, 0.3) is 0 Å². The monoisotopic (exact) mass is 408 g/mol. The molecule has 29 heavy (non-hydrogen) atoms. The van der Waals surface area contributed by atoms with Gasteiger partial charge in [0, 0.05) is 31.5 Å². The van der Waals surface area contributed by atoms with Crippen molar-refractivity contribution in [1.82, 2.24) is 9.80 Å². The molecule has 160 valence electrons. The molecule has 0 aromatic heterocycles. The number of aliphatic carboxylic acids is 1. The van der Waals surface area contributed by atoms with Crippen molar-refractivity contribution in [2.24, 2.45) is 0 Å². The summed E-state index contributed by atoms with van der Waals surface area (Å²) >= 11 is 0. The number of methoxy groups -OCH3 is 3. The van der Waals surface area contributed by atoms with Crippen molar-refractivity contribution < 1.29 is 33.6 Å². The Kier molecular flexibility index (Phi) is 6.18. The fraction of sp³-hybridized carbons (Fsp3) is 0.600. The maximum absolute atomic E-state index is 13.5. The van der Waals surface area contributed by atoms with E-state index in [1.807, 2.05) is 0 Å². The summed E-state index contributed by atoms with van der Waals surface area (Å²) in [6, 6.07) is 2.03. The molecule has 1 amide bonds. The molecule has 0 unspecified atom stereocenters. The van der Waals surface area contributed by atoms with Gasteiger partial charge in [0.2, 0.25) is 5.75 Å². The Morgan fingerprint density at radius 2 is 1.72 bits per heavy atom. The van der Waals surface area contributed by atoms with Crippen LogP contribution in [-0.2, 0) is 9.53 Å². The fourth-order valence-corrected chi connectivity index (χ4v) is 4.12. The third-order valence-electron chi connectivity index (χ3n) is 5.76. The minimum atomic E-state index is -1.08. The van der Waals surface area contributed by atoms with Crippen molar-refractivity contribution in [3.8, 4) is 17.2 Å². The van der Waals surface area contributed by atoms with Gasteiger partial charge in [0.15, 0.2) is 17.5 Å². The molecule has 0 bridgehead atoms. The van der Waals surface area contributed by atoms with E-state index in [9.17, 15) is 14.7 Å². The number of carboxylic acid groups (broad SMARTS) is 1. The van der Waals surface area contributed by atoms with E-state index >= 15 is 0 Å². The molecule has 1 aromatic rings. The molecule has 2 heterocycles. The maximum atomic E-state index is 13.5. The first-order valence-electron chi connectivity index (χ1n) is 9.63. The smallest absolute Gasteiger partial charge is 0.328 e. The normalized spacial score (nSPS) is 21.2. The first-order valence-corrected chi connectivity index (χ1v) is 9.63. The molecular weight excluding hydrogens is 380 g/mol. The van der Waals surface area contributed by atoms with E-state index in [2.05, 4.69) is 11.8 Å². The number of amides is 1. The number of benzene rings is 1. The lowest BCUT2D eigenvalue weighted by Crippen LogP contribution is -2.58. The highest BCUT2D eigenvalue weighted by atomic mass is 16.5. The van der Waals surface area contributed by atoms with Crippen molar-refractivity contribution in [3.63, 3.8) is 0 Å². The molecule has 0 saturated carbocycles. The summed E-state index contributed by atoms with van der Waals surface area (Å²) in [5.74, 6) is -0.487. The molecule has 9 nitrogen and oxygen atoms in total. The van der Waals surface area contributed by atoms with Crippen LogP contribution in [0, 0.1) is 0 Å². The van der Waals surface area contributed by atoms with Crippen molar-refractivity contribution >= 4 is 11.9 Å². The molecule has 1 aromatic carbocycles. The van der Waals surface area contributed by atoms with Gasteiger partial charge in [-0.1, -0.05) is 6.92 Å². The molecule has 2 fully saturated rings. The van der Waals surface area contributed by atoms with Crippen LogP contribution in [-0.4, -0.2) is 86.1 Å². The topological polar surface area (TPSA) is 97.8 Å². The molecule has 9 heteroatoms. The Morgan fingerprint density at radius 1 is 1.14 bits per heavy atom. The van der Waals surface area contributed by atoms with Gasteiger partial charge in [0.25, 0.3) is 5.91 Å². The number of piperidine rings is 1. The molecule has 0 radical (unpaired) electrons. The predicted molar refractivity (Wildman–Crippen MR) is 104 cm³/mol. The van der Waals surface area contributed by atoms with Crippen LogP contribution in [0.3, 0.4) is 0 Å². The Bertz CT molecular complexity index is 749. The first kappa shape index (κ1) is 21.2. The van der Waals surface area contributed by atoms with Crippen molar-refractivity contribution in [2.75, 3.05) is 47.6 Å². The highest BCUT2D eigenvalue weighted by molar-refractivity contribution is 5.98. The van der Waals surface area contributed by atoms with Crippen LogP contribution in [0.4, 0.5) is 0 Å². The van der Waals surface area contributed by atoms with Crippen LogP contribution >= 0.6 is 0 Å². The van der Waals surface area contributed by atoms with Gasteiger partial charge in [0.05, 0.1) is 27.9 Å². The van der Waals surface area contributed by atoms with E-state index < -0.39 is 23.6 Å². The number of carbonyl (C=O) groups excluding carboxylic acids is 1. The van der Waals surface area contributed by atoms with Crippen LogP contribution in [0.2, 0.25) is 0 Å². The Hall–Kier alpha value is -2.52. The molecule has 2 saturated heterocycles. The van der Waals surface area contributed by atoms with E-state index in [0.29, 0.717) is 30.1 Å². The summed E-state index contributed by atoms with van der Waals surface area (Å²) in [4.78, 5) is 29.1. The van der Waals surface area contributed by atoms with Crippen LogP contribution < -0.4 is 14.2 Å². The summed E-state index contributed by atoms with van der Waals surface area (Å²) in [5, 5.41) is 9.72. The minimum Gasteiger partial charge on any atom is -0.493 e. The van der Waals surface area contributed by atoms with Crippen molar-refractivity contribution in [2.45, 2.75) is 31.5 Å². The van der Waals surface area contributed by atoms with E-state index in [0.717, 1.165) is 19.6 Å². The number of carboxylic acids is 1. The number of nitrogens with zero attached hydrogens (tertiary/aromatic N) is 2. The van der Waals surface area contributed by atoms with Gasteiger partial charge < -0.3 is 29.0 Å². The first-order chi connectivity index (χ1) is 13.9. The molecule has 2 aliphatic heterocycles. The highest BCUT2D eigenvalue weighted by Gasteiger charge is 2.54. The second kappa shape index (κ2) is 8.46. The SMILES string of the molecule is CCN1CCC2(CC1)OC[C@@H](C(=O)O)N2C(=O)c1cc(OC)c(OC)c(OC)c1. The minimum absolute atomic E-state index is 0.0301. The molecule has 2 aliphatic rings. The van der Waals surface area contributed by atoms with Crippen molar-refractivity contribution in [1.29, 1.82) is 0 Å². The summed E-state index contributed by atoms with van der Waals surface area (Å²) in [6.45, 7) is 4.42. The van der Waals surface area contributed by atoms with Gasteiger partial charge in [-0.25, -0.2) is 4.79 Å². The van der Waals surface area contributed by atoms with Crippen molar-refractivity contribution in [3.05, 3.63) is 17.7 Å². The average molecular weight is 408 g/mol. The standard InChI is InChI=1S/C20H28N2O7/c1-5-21-8-6-20(7-9-21)22(14(12-29-20)19(24)25)18(23)13-10-15(26-2)17(28-4)16(11-13)27-3/h10-11,14H,5-9,12H2,1-4H3,(H,24,25)/t14-/m0/s1. The van der Waals surface area contributed by atoms with Gasteiger partial charge in [0.1, 0.15) is 5.72 Å². The van der Waals surface area contributed by atoms with Crippen LogP contribution in [0.15, 0.2) is 12.1 Å². The number of hydrogen-bond acceptors (Lipinski definition) is 7. The lowest BCUT2D eigenvalue weighted by molar-refractivity contribution is -0.143. The highest BCUT2D eigenvalue weighted by Crippen LogP contribution is 2.42. The van der Waals surface area contributed by atoms with Crippen LogP contribution in [0.5, 0.6) is 17.2 Å². The quantitative estimate of drug-likeness (QED) is 0.755. The average Bonchev–Trinajstić information content (AvgIpc) is 3.11. The Morgan fingerprint density at radius 3 is 2.17 bits per heavy atom. The number of ether oxygens (including phenoxy) is 4. The zero-order chi connectivity index (χ0) is 21.2. The zero-order valence-electron chi connectivity index (χ0n) is 17.3. The number of likely N-dealkylation sites (tertiary alicyclic amines) is 1. The van der Waals surface area contributed by atoms with E-state index in [1.165, 1.54) is 38.4 Å². The summed E-state index contributed by atoms with van der Waals surface area (Å²) in [5.41, 5.74) is -0.666. The zero-order valence-corrected chi connectivity index (χ0v) is 17.3. The van der Waals surface area contributed by atoms with E-state index in [1.54, 1.807) is 0 Å². The maximum Gasteiger partial charge on any atom is 0.328 e. The largest absolute Gasteiger partial charge is 0.493 e. The lowest BCUT2D eigenvalue weighted by atomic mass is 9.96. The van der Waals surface area contributed by atoms with Gasteiger partial charge in [-0.05, 0) is 18.7 Å². The number of hydrogen-bond donors (Lipinski definition) is 1. The lowest BCUT2D eigenvalue weighted by Gasteiger charge is -2.44. The van der Waals surface area contributed by atoms with Gasteiger partial charge in [-0.15, -0.1) is 0 Å². The molecule has 1 N–H and O–H groups in total. The van der Waals surface area contributed by atoms with E-state index in [4.69, 9.17) is 18.9 Å². The molecular formula is C20H28N2O7. The number of carbonyl (C=O) groups is 2. The Labute approximate surface area is 170 Å². The molecule has 1 atom stereocenters. The summed E-state index contributed by atoms with van der Waals surface area (Å²) in [6.07, 6.45) is 1.11. The van der Waals surface area contributed by atoms with Crippen LogP contribution in [0.1, 0.15) is 30.1 Å². The fourth-order valence-electron chi connectivity index (χ4n) is 4.12. The van der Waals surface area contributed by atoms with Gasteiger partial charge in [-0.2, -0.15) is 0 Å². The second-order valence-corrected chi connectivity index (χ2v) is 7.13. The summed E-state index contributed by atoms with van der Waals surface area (Å²) < 4.78 is 22.0. The second-order valence-electron chi connectivity index (χ2n) is 7.13. The Balaban J connectivity index is 2.01.